The molecular weight excluding hydrogens is 200 g/mol. The Balaban J connectivity index is 1.94. The van der Waals surface area contributed by atoms with E-state index in [9.17, 15) is 9.59 Å². The number of aliphatic carboxylic acids is 1. The molecule has 6 nitrogen and oxygen atoms in total. The first-order chi connectivity index (χ1) is 7.18. The van der Waals surface area contributed by atoms with Crippen molar-refractivity contribution >= 4 is 12.0 Å². The van der Waals surface area contributed by atoms with Gasteiger partial charge in [0.1, 0.15) is 6.54 Å². The summed E-state index contributed by atoms with van der Waals surface area (Å²) in [6.45, 7) is 2.17. The molecule has 2 fully saturated rings. The van der Waals surface area contributed by atoms with Crippen molar-refractivity contribution in [1.82, 2.24) is 9.80 Å². The zero-order valence-electron chi connectivity index (χ0n) is 8.39. The normalized spacial score (nSPS) is 26.4. The molecule has 1 atom stereocenters. The first kappa shape index (κ1) is 10.2. The Morgan fingerprint density at radius 2 is 2.33 bits per heavy atom. The number of carboxylic acids is 1. The molecule has 0 unspecified atom stereocenters. The van der Waals surface area contributed by atoms with Crippen LogP contribution in [0.15, 0.2) is 0 Å². The highest BCUT2D eigenvalue weighted by Gasteiger charge is 2.35. The second-order valence-corrected chi connectivity index (χ2v) is 3.81. The van der Waals surface area contributed by atoms with Crippen molar-refractivity contribution in [2.75, 3.05) is 32.8 Å². The number of carboxylic acid groups (broad SMARTS) is 1. The lowest BCUT2D eigenvalue weighted by Gasteiger charge is -2.22. The van der Waals surface area contributed by atoms with Gasteiger partial charge in [-0.3, -0.25) is 4.79 Å². The summed E-state index contributed by atoms with van der Waals surface area (Å²) in [5, 5.41) is 8.61. The van der Waals surface area contributed by atoms with Gasteiger partial charge >= 0.3 is 12.0 Å². The minimum Gasteiger partial charge on any atom is -0.480 e. The maximum Gasteiger partial charge on any atom is 0.323 e. The summed E-state index contributed by atoms with van der Waals surface area (Å²) < 4.78 is 5.21. The lowest BCUT2D eigenvalue weighted by molar-refractivity contribution is -0.137. The predicted octanol–water partition coefficient (Wildman–Crippen LogP) is -0.403. The summed E-state index contributed by atoms with van der Waals surface area (Å²) >= 11 is 0. The van der Waals surface area contributed by atoms with Gasteiger partial charge in [-0.25, -0.2) is 4.79 Å². The van der Waals surface area contributed by atoms with Gasteiger partial charge in [-0.05, 0) is 6.42 Å². The number of hydrogen-bond donors (Lipinski definition) is 1. The van der Waals surface area contributed by atoms with E-state index in [4.69, 9.17) is 9.84 Å². The first-order valence-corrected chi connectivity index (χ1v) is 5.03. The van der Waals surface area contributed by atoms with Crippen LogP contribution in [0.25, 0.3) is 0 Å². The maximum absolute atomic E-state index is 11.8. The Labute approximate surface area is 87.4 Å². The van der Waals surface area contributed by atoms with Crippen LogP contribution in [-0.2, 0) is 9.53 Å². The van der Waals surface area contributed by atoms with Gasteiger partial charge in [0.05, 0.1) is 12.6 Å². The molecular formula is C9H14N2O4. The summed E-state index contributed by atoms with van der Waals surface area (Å²) in [6, 6.07) is -0.0378. The molecule has 2 heterocycles. The number of urea groups is 1. The van der Waals surface area contributed by atoms with Crippen molar-refractivity contribution in [3.05, 3.63) is 0 Å². The fourth-order valence-corrected chi connectivity index (χ4v) is 2.02. The van der Waals surface area contributed by atoms with Crippen molar-refractivity contribution in [2.45, 2.75) is 12.5 Å². The molecule has 6 heteroatoms. The van der Waals surface area contributed by atoms with E-state index in [1.165, 1.54) is 4.90 Å². The lowest BCUT2D eigenvalue weighted by Crippen LogP contribution is -2.40. The van der Waals surface area contributed by atoms with Crippen LogP contribution >= 0.6 is 0 Å². The van der Waals surface area contributed by atoms with Crippen molar-refractivity contribution in [1.29, 1.82) is 0 Å². The molecule has 2 amide bonds. The van der Waals surface area contributed by atoms with Crippen LogP contribution in [0.5, 0.6) is 0 Å². The van der Waals surface area contributed by atoms with E-state index in [-0.39, 0.29) is 18.6 Å². The molecule has 0 aromatic rings. The van der Waals surface area contributed by atoms with Crippen LogP contribution in [0.1, 0.15) is 6.42 Å². The van der Waals surface area contributed by atoms with Crippen LogP contribution in [-0.4, -0.2) is 65.8 Å². The third kappa shape index (κ3) is 2.04. The maximum atomic E-state index is 11.8. The number of carbonyl (C=O) groups is 2. The highest BCUT2D eigenvalue weighted by atomic mass is 16.5. The lowest BCUT2D eigenvalue weighted by atomic mass is 10.2. The smallest absolute Gasteiger partial charge is 0.323 e. The minimum atomic E-state index is -0.965. The third-order valence-corrected chi connectivity index (χ3v) is 2.80. The summed E-state index contributed by atoms with van der Waals surface area (Å²) in [4.78, 5) is 25.3. The second-order valence-electron chi connectivity index (χ2n) is 3.81. The van der Waals surface area contributed by atoms with E-state index < -0.39 is 5.97 Å². The molecule has 0 spiro atoms. The Morgan fingerprint density at radius 1 is 1.53 bits per heavy atom. The van der Waals surface area contributed by atoms with Gasteiger partial charge in [-0.1, -0.05) is 0 Å². The van der Waals surface area contributed by atoms with E-state index in [1.807, 2.05) is 0 Å². The molecule has 0 bridgehead atoms. The van der Waals surface area contributed by atoms with Crippen LogP contribution in [0, 0.1) is 0 Å². The number of nitrogens with zero attached hydrogens (tertiary/aromatic N) is 2. The average molecular weight is 214 g/mol. The molecule has 1 N–H and O–H groups in total. The summed E-state index contributed by atoms with van der Waals surface area (Å²) in [5.41, 5.74) is 0. The number of carbonyl (C=O) groups excluding carboxylic acids is 1. The van der Waals surface area contributed by atoms with Gasteiger partial charge in [-0.15, -0.1) is 0 Å². The zero-order chi connectivity index (χ0) is 10.8. The summed E-state index contributed by atoms with van der Waals surface area (Å²) in [7, 11) is 0. The van der Waals surface area contributed by atoms with Gasteiger partial charge in [0.15, 0.2) is 0 Å². The molecule has 0 aromatic carbocycles. The third-order valence-electron chi connectivity index (χ3n) is 2.80. The van der Waals surface area contributed by atoms with Crippen molar-refractivity contribution < 1.29 is 19.4 Å². The van der Waals surface area contributed by atoms with E-state index in [0.717, 1.165) is 6.42 Å². The minimum absolute atomic E-state index is 0.135. The van der Waals surface area contributed by atoms with Gasteiger partial charge < -0.3 is 19.6 Å². The molecule has 2 rings (SSSR count). The van der Waals surface area contributed by atoms with Crippen molar-refractivity contribution in [3.63, 3.8) is 0 Å². The Bertz CT molecular complexity index is 275. The molecule has 0 aliphatic carbocycles. The van der Waals surface area contributed by atoms with E-state index >= 15 is 0 Å². The number of rotatable bonds is 3. The van der Waals surface area contributed by atoms with Gasteiger partial charge in [0, 0.05) is 19.7 Å². The molecule has 2 aliphatic heterocycles. The van der Waals surface area contributed by atoms with Crippen LogP contribution in [0.4, 0.5) is 4.79 Å². The first-order valence-electron chi connectivity index (χ1n) is 5.03. The summed E-state index contributed by atoms with van der Waals surface area (Å²) in [5.74, 6) is -0.965. The molecule has 2 aliphatic rings. The molecule has 84 valence electrons. The van der Waals surface area contributed by atoms with Gasteiger partial charge in [-0.2, -0.15) is 0 Å². The number of hydrogen-bond acceptors (Lipinski definition) is 3. The van der Waals surface area contributed by atoms with Crippen molar-refractivity contribution in [3.8, 4) is 0 Å². The standard InChI is InChI=1S/C9H14N2O4/c12-8(13)5-10-2-3-11(9(10)14)7-1-4-15-6-7/h7H,1-6H2,(H,12,13)/t7-/m1/s1. The van der Waals surface area contributed by atoms with Gasteiger partial charge in [0.2, 0.25) is 0 Å². The summed E-state index contributed by atoms with van der Waals surface area (Å²) in [6.07, 6.45) is 0.854. The molecule has 0 radical (unpaired) electrons. The van der Waals surface area contributed by atoms with Crippen LogP contribution in [0.2, 0.25) is 0 Å². The molecule has 15 heavy (non-hydrogen) atoms. The fourth-order valence-electron chi connectivity index (χ4n) is 2.02. The van der Waals surface area contributed by atoms with E-state index in [1.54, 1.807) is 4.90 Å². The average Bonchev–Trinajstić information content (AvgIpc) is 2.76. The van der Waals surface area contributed by atoms with Crippen LogP contribution in [0.3, 0.4) is 0 Å². The van der Waals surface area contributed by atoms with Crippen LogP contribution < -0.4 is 0 Å². The molecule has 0 saturated carbocycles. The predicted molar refractivity (Wildman–Crippen MR) is 50.5 cm³/mol. The largest absolute Gasteiger partial charge is 0.480 e. The Morgan fingerprint density at radius 3 is 2.93 bits per heavy atom. The SMILES string of the molecule is O=C(O)CN1CCN([C@@H]2CCOC2)C1=O. The highest BCUT2D eigenvalue weighted by molar-refractivity contribution is 5.81. The topological polar surface area (TPSA) is 70.1 Å². The fraction of sp³-hybridized carbons (Fsp3) is 0.778. The van der Waals surface area contributed by atoms with E-state index in [0.29, 0.717) is 26.3 Å². The zero-order valence-corrected chi connectivity index (χ0v) is 8.39. The van der Waals surface area contributed by atoms with Crippen molar-refractivity contribution in [2.24, 2.45) is 0 Å². The van der Waals surface area contributed by atoms with E-state index in [2.05, 4.69) is 0 Å². The van der Waals surface area contributed by atoms with Gasteiger partial charge in [0.25, 0.3) is 0 Å². The monoisotopic (exact) mass is 214 g/mol. The molecule has 2 saturated heterocycles. The quantitative estimate of drug-likeness (QED) is 0.693. The molecule has 0 aromatic heterocycles. The Hall–Kier alpha value is -1.30. The Kier molecular flexibility index (Phi) is 2.77. The second kappa shape index (κ2) is 4.06. The number of ether oxygens (including phenoxy) is 1. The highest BCUT2D eigenvalue weighted by Crippen LogP contribution is 2.18. The number of amides is 2.